The van der Waals surface area contributed by atoms with Crippen LogP contribution in [0.2, 0.25) is 5.02 Å². The van der Waals surface area contributed by atoms with Crippen LogP contribution < -0.4 is 5.32 Å². The summed E-state index contributed by atoms with van der Waals surface area (Å²) in [5.41, 5.74) is 0.623. The number of hydrogen-bond donors (Lipinski definition) is 1. The summed E-state index contributed by atoms with van der Waals surface area (Å²) in [6, 6.07) is 8.97. The number of rotatable bonds is 3. The molecule has 1 aromatic carbocycles. The van der Waals surface area contributed by atoms with Gasteiger partial charge in [-0.25, -0.2) is 0 Å². The highest BCUT2D eigenvalue weighted by Crippen LogP contribution is 2.20. The molecule has 120 valence electrons. The fourth-order valence-corrected chi connectivity index (χ4v) is 2.46. The number of hydrogen-bond acceptors (Lipinski definition) is 4. The van der Waals surface area contributed by atoms with Gasteiger partial charge in [0.05, 0.1) is 10.7 Å². The third kappa shape index (κ3) is 4.24. The summed E-state index contributed by atoms with van der Waals surface area (Å²) in [6.07, 6.45) is 1.36. The van der Waals surface area contributed by atoms with Crippen molar-refractivity contribution in [3.63, 3.8) is 0 Å². The van der Waals surface area contributed by atoms with Crippen molar-refractivity contribution in [2.24, 2.45) is 0 Å². The van der Waals surface area contributed by atoms with Crippen LogP contribution >= 0.6 is 11.6 Å². The molecule has 0 aliphatic carbocycles. The first-order chi connectivity index (χ1) is 11.0. The van der Waals surface area contributed by atoms with E-state index in [-0.39, 0.29) is 17.4 Å². The molecule has 0 saturated carbocycles. The highest BCUT2D eigenvalue weighted by molar-refractivity contribution is 6.33. The Labute approximate surface area is 139 Å². The summed E-state index contributed by atoms with van der Waals surface area (Å²) in [7, 11) is 0. The van der Waals surface area contributed by atoms with E-state index < -0.39 is 0 Å². The highest BCUT2D eigenvalue weighted by atomic mass is 35.5. The zero-order valence-corrected chi connectivity index (χ0v) is 13.5. The van der Waals surface area contributed by atoms with Crippen LogP contribution in [0.3, 0.4) is 0 Å². The molecule has 6 nitrogen and oxygen atoms in total. The fraction of sp³-hybridized carbons (Fsp3) is 0.312. The molecule has 0 atom stereocenters. The van der Waals surface area contributed by atoms with Crippen LogP contribution in [0.25, 0.3) is 0 Å². The van der Waals surface area contributed by atoms with Crippen molar-refractivity contribution in [2.75, 3.05) is 31.5 Å². The second kappa shape index (κ2) is 7.65. The Morgan fingerprint density at radius 2 is 1.83 bits per heavy atom. The van der Waals surface area contributed by atoms with E-state index in [0.717, 1.165) is 0 Å². The van der Waals surface area contributed by atoms with E-state index in [0.29, 0.717) is 36.9 Å². The number of para-hydroxylation sites is 1. The van der Waals surface area contributed by atoms with Gasteiger partial charge in [-0.1, -0.05) is 23.7 Å². The Balaban J connectivity index is 2.02. The first-order valence-electron chi connectivity index (χ1n) is 7.19. The van der Waals surface area contributed by atoms with Crippen molar-refractivity contribution in [1.82, 2.24) is 9.80 Å². The summed E-state index contributed by atoms with van der Waals surface area (Å²) in [6.45, 7) is 3.31. The number of benzene rings is 1. The minimum absolute atomic E-state index is 0.00111. The molecule has 1 N–H and O–H groups in total. The van der Waals surface area contributed by atoms with E-state index in [9.17, 15) is 14.9 Å². The largest absolute Gasteiger partial charge is 0.359 e. The van der Waals surface area contributed by atoms with E-state index in [1.807, 2.05) is 6.07 Å². The van der Waals surface area contributed by atoms with Gasteiger partial charge < -0.3 is 15.1 Å². The average molecular weight is 333 g/mol. The van der Waals surface area contributed by atoms with Gasteiger partial charge in [0, 0.05) is 39.3 Å². The summed E-state index contributed by atoms with van der Waals surface area (Å²) >= 11 is 6.02. The van der Waals surface area contributed by atoms with Crippen LogP contribution in [0, 0.1) is 11.3 Å². The monoisotopic (exact) mass is 332 g/mol. The lowest BCUT2D eigenvalue weighted by molar-refractivity contribution is -0.136. The van der Waals surface area contributed by atoms with Gasteiger partial charge in [0.15, 0.2) is 0 Å². The molecule has 2 amide bonds. The van der Waals surface area contributed by atoms with Crippen LogP contribution in [-0.2, 0) is 9.59 Å². The maximum Gasteiger partial charge on any atom is 0.266 e. The minimum atomic E-state index is -0.352. The van der Waals surface area contributed by atoms with Gasteiger partial charge in [0.25, 0.3) is 5.91 Å². The molecular formula is C16H17ClN4O2. The van der Waals surface area contributed by atoms with Crippen LogP contribution in [0.1, 0.15) is 6.92 Å². The lowest BCUT2D eigenvalue weighted by Crippen LogP contribution is -2.50. The molecule has 0 radical (unpaired) electrons. The van der Waals surface area contributed by atoms with Gasteiger partial charge >= 0.3 is 0 Å². The van der Waals surface area contributed by atoms with E-state index in [2.05, 4.69) is 5.32 Å². The van der Waals surface area contributed by atoms with Crippen LogP contribution in [0.5, 0.6) is 0 Å². The molecule has 1 aromatic rings. The maximum atomic E-state index is 12.4. The molecule has 1 saturated heterocycles. The van der Waals surface area contributed by atoms with Crippen LogP contribution in [0.4, 0.5) is 5.69 Å². The number of anilines is 1. The molecule has 0 unspecified atom stereocenters. The Bertz CT molecular complexity index is 673. The lowest BCUT2D eigenvalue weighted by Gasteiger charge is -2.34. The Kier molecular flexibility index (Phi) is 5.61. The molecular weight excluding hydrogens is 316 g/mol. The molecule has 1 aliphatic rings. The fourth-order valence-electron chi connectivity index (χ4n) is 2.26. The van der Waals surface area contributed by atoms with Gasteiger partial charge in [-0.3, -0.25) is 9.59 Å². The first kappa shape index (κ1) is 16.8. The highest BCUT2D eigenvalue weighted by Gasteiger charge is 2.24. The zero-order chi connectivity index (χ0) is 16.8. The van der Waals surface area contributed by atoms with Crippen molar-refractivity contribution < 1.29 is 9.59 Å². The molecule has 0 aromatic heterocycles. The van der Waals surface area contributed by atoms with Gasteiger partial charge in [-0.05, 0) is 12.1 Å². The number of nitriles is 1. The zero-order valence-electron chi connectivity index (χ0n) is 12.8. The number of halogens is 1. The van der Waals surface area contributed by atoms with Gasteiger partial charge in [-0.15, -0.1) is 0 Å². The second-order valence-electron chi connectivity index (χ2n) is 5.09. The number of piperazine rings is 1. The van der Waals surface area contributed by atoms with Crippen molar-refractivity contribution >= 4 is 29.1 Å². The van der Waals surface area contributed by atoms with E-state index in [1.165, 1.54) is 13.1 Å². The molecule has 23 heavy (non-hydrogen) atoms. The summed E-state index contributed by atoms with van der Waals surface area (Å²) < 4.78 is 0. The molecule has 0 bridgehead atoms. The molecule has 1 fully saturated rings. The third-order valence-electron chi connectivity index (χ3n) is 3.61. The predicted molar refractivity (Wildman–Crippen MR) is 87.6 cm³/mol. The summed E-state index contributed by atoms with van der Waals surface area (Å²) in [5.74, 6) is -0.358. The minimum Gasteiger partial charge on any atom is -0.359 e. The quantitative estimate of drug-likeness (QED) is 0.677. The standard InChI is InChI=1S/C16H17ClN4O2/c1-12(22)20-6-8-21(9-7-20)16(23)13(10-18)11-19-15-5-3-2-4-14(15)17/h2-5,11,19H,6-9H2,1H3/b13-11-. The van der Waals surface area contributed by atoms with Crippen molar-refractivity contribution in [3.8, 4) is 6.07 Å². The van der Waals surface area contributed by atoms with E-state index in [1.54, 1.807) is 34.1 Å². The van der Waals surface area contributed by atoms with Gasteiger partial charge in [0.1, 0.15) is 11.6 Å². The van der Waals surface area contributed by atoms with Gasteiger partial charge in [0.2, 0.25) is 5.91 Å². The maximum absolute atomic E-state index is 12.4. The number of carbonyl (C=O) groups is 2. The molecule has 1 heterocycles. The van der Waals surface area contributed by atoms with Crippen LogP contribution in [0.15, 0.2) is 36.0 Å². The molecule has 7 heteroatoms. The first-order valence-corrected chi connectivity index (χ1v) is 7.57. The normalized spacial score (nSPS) is 15.1. The van der Waals surface area contributed by atoms with Crippen molar-refractivity contribution in [2.45, 2.75) is 6.92 Å². The molecule has 2 rings (SSSR count). The smallest absolute Gasteiger partial charge is 0.266 e. The van der Waals surface area contributed by atoms with Gasteiger partial charge in [-0.2, -0.15) is 5.26 Å². The molecule has 0 spiro atoms. The second-order valence-corrected chi connectivity index (χ2v) is 5.50. The topological polar surface area (TPSA) is 76.4 Å². The average Bonchev–Trinajstić information content (AvgIpc) is 2.56. The summed E-state index contributed by atoms with van der Waals surface area (Å²) in [5, 5.41) is 12.6. The Hall–Kier alpha value is -2.52. The Morgan fingerprint density at radius 1 is 1.22 bits per heavy atom. The Morgan fingerprint density at radius 3 is 2.39 bits per heavy atom. The molecule has 1 aliphatic heterocycles. The van der Waals surface area contributed by atoms with E-state index >= 15 is 0 Å². The third-order valence-corrected chi connectivity index (χ3v) is 3.94. The van der Waals surface area contributed by atoms with Crippen LogP contribution in [-0.4, -0.2) is 47.8 Å². The van der Waals surface area contributed by atoms with Crippen molar-refractivity contribution in [1.29, 1.82) is 5.26 Å². The summed E-state index contributed by atoms with van der Waals surface area (Å²) in [4.78, 5) is 26.9. The van der Waals surface area contributed by atoms with E-state index in [4.69, 9.17) is 11.6 Å². The number of nitrogens with zero attached hydrogens (tertiary/aromatic N) is 3. The van der Waals surface area contributed by atoms with Crippen molar-refractivity contribution in [3.05, 3.63) is 41.1 Å². The number of carbonyl (C=O) groups excluding carboxylic acids is 2. The number of amides is 2. The lowest BCUT2D eigenvalue weighted by atomic mass is 10.2. The predicted octanol–water partition coefficient (Wildman–Crippen LogP) is 1.85. The SMILES string of the molecule is CC(=O)N1CCN(C(=O)/C(C#N)=C\Nc2ccccc2Cl)CC1. The number of nitrogens with one attached hydrogen (secondary N) is 1.